The van der Waals surface area contributed by atoms with Gasteiger partial charge in [0.2, 0.25) is 0 Å². The normalized spacial score (nSPS) is 10.8. The average molecular weight is 381 g/mol. The Bertz CT molecular complexity index is 888. The molecule has 23 heavy (non-hydrogen) atoms. The standard InChI is InChI=1S/C16H8BrF3N2O/c17-16-12(8-23)15(9-5-10(18)7-11(19)6-9)21-22(16)14-4-2-1-3-13(14)20/h1-8H. The molecule has 0 saturated carbocycles. The summed E-state index contributed by atoms with van der Waals surface area (Å²) >= 11 is 3.18. The van der Waals surface area contributed by atoms with Gasteiger partial charge in [-0.05, 0) is 40.2 Å². The Labute approximate surface area is 137 Å². The highest BCUT2D eigenvalue weighted by Gasteiger charge is 2.20. The van der Waals surface area contributed by atoms with Gasteiger partial charge < -0.3 is 0 Å². The van der Waals surface area contributed by atoms with E-state index in [9.17, 15) is 18.0 Å². The van der Waals surface area contributed by atoms with Crippen LogP contribution in [0.4, 0.5) is 13.2 Å². The van der Waals surface area contributed by atoms with Gasteiger partial charge in [-0.1, -0.05) is 12.1 Å². The van der Waals surface area contributed by atoms with Crippen LogP contribution < -0.4 is 0 Å². The number of halogens is 4. The highest BCUT2D eigenvalue weighted by Crippen LogP contribution is 2.31. The second kappa shape index (κ2) is 6.00. The Hall–Kier alpha value is -2.41. The maximum atomic E-state index is 13.9. The van der Waals surface area contributed by atoms with Gasteiger partial charge in [0.15, 0.2) is 6.29 Å². The molecule has 0 unspecified atom stereocenters. The Morgan fingerprint density at radius 2 is 1.70 bits per heavy atom. The van der Waals surface area contributed by atoms with Gasteiger partial charge in [-0.25, -0.2) is 17.9 Å². The molecule has 0 atom stereocenters. The van der Waals surface area contributed by atoms with Gasteiger partial charge in [-0.3, -0.25) is 4.79 Å². The summed E-state index contributed by atoms with van der Waals surface area (Å²) in [5, 5.41) is 4.13. The van der Waals surface area contributed by atoms with Gasteiger partial charge in [0.1, 0.15) is 33.4 Å². The van der Waals surface area contributed by atoms with Crippen molar-refractivity contribution in [3.05, 3.63) is 70.1 Å². The van der Waals surface area contributed by atoms with Crippen LogP contribution in [0, 0.1) is 17.5 Å². The third-order valence-corrected chi connectivity index (χ3v) is 3.96. The lowest BCUT2D eigenvalue weighted by molar-refractivity contribution is 0.112. The van der Waals surface area contributed by atoms with Gasteiger partial charge in [0.05, 0.1) is 5.56 Å². The number of para-hydroxylation sites is 1. The van der Waals surface area contributed by atoms with E-state index in [-0.39, 0.29) is 27.1 Å². The monoisotopic (exact) mass is 380 g/mol. The quantitative estimate of drug-likeness (QED) is 0.625. The van der Waals surface area contributed by atoms with Crippen molar-refractivity contribution in [3.8, 4) is 16.9 Å². The van der Waals surface area contributed by atoms with Crippen molar-refractivity contribution in [1.29, 1.82) is 0 Å². The highest BCUT2D eigenvalue weighted by molar-refractivity contribution is 9.10. The maximum Gasteiger partial charge on any atom is 0.155 e. The fourth-order valence-corrected chi connectivity index (χ4v) is 2.75. The van der Waals surface area contributed by atoms with Crippen molar-refractivity contribution in [3.63, 3.8) is 0 Å². The molecule has 0 bridgehead atoms. The zero-order chi connectivity index (χ0) is 16.6. The lowest BCUT2D eigenvalue weighted by Gasteiger charge is -2.04. The molecule has 3 aromatic rings. The van der Waals surface area contributed by atoms with Gasteiger partial charge >= 0.3 is 0 Å². The number of benzene rings is 2. The molecule has 0 aliphatic heterocycles. The molecule has 0 aliphatic rings. The van der Waals surface area contributed by atoms with Gasteiger partial charge in [-0.15, -0.1) is 0 Å². The molecule has 3 rings (SSSR count). The van der Waals surface area contributed by atoms with E-state index in [0.717, 1.165) is 16.8 Å². The minimum Gasteiger partial charge on any atom is -0.298 e. The molecule has 2 aromatic carbocycles. The number of nitrogens with zero attached hydrogens (tertiary/aromatic N) is 2. The lowest BCUT2D eigenvalue weighted by atomic mass is 10.1. The lowest BCUT2D eigenvalue weighted by Crippen LogP contribution is -2.00. The molecule has 0 amide bonds. The number of aromatic nitrogens is 2. The Balaban J connectivity index is 2.25. The molecule has 0 fully saturated rings. The first-order chi connectivity index (χ1) is 11.0. The van der Waals surface area contributed by atoms with Crippen molar-refractivity contribution < 1.29 is 18.0 Å². The van der Waals surface area contributed by atoms with E-state index in [0.29, 0.717) is 12.4 Å². The Morgan fingerprint density at radius 1 is 1.04 bits per heavy atom. The molecular weight excluding hydrogens is 373 g/mol. The molecule has 0 radical (unpaired) electrons. The third kappa shape index (κ3) is 2.79. The number of aldehydes is 1. The fraction of sp³-hybridized carbons (Fsp3) is 0. The molecule has 0 saturated heterocycles. The number of carbonyl (C=O) groups excluding carboxylic acids is 1. The number of hydrogen-bond donors (Lipinski definition) is 0. The van der Waals surface area contributed by atoms with Crippen LogP contribution in [0.1, 0.15) is 10.4 Å². The van der Waals surface area contributed by atoms with Crippen LogP contribution in [-0.2, 0) is 0 Å². The molecule has 3 nitrogen and oxygen atoms in total. The fourth-order valence-electron chi connectivity index (χ4n) is 2.20. The van der Waals surface area contributed by atoms with Crippen LogP contribution in [0.3, 0.4) is 0 Å². The van der Waals surface area contributed by atoms with E-state index in [2.05, 4.69) is 21.0 Å². The van der Waals surface area contributed by atoms with Crippen LogP contribution in [-0.4, -0.2) is 16.1 Å². The van der Waals surface area contributed by atoms with Crippen LogP contribution in [0.15, 0.2) is 47.1 Å². The van der Waals surface area contributed by atoms with E-state index in [1.54, 1.807) is 6.07 Å². The molecule has 116 valence electrons. The third-order valence-electron chi connectivity index (χ3n) is 3.20. The van der Waals surface area contributed by atoms with Crippen molar-refractivity contribution in [2.45, 2.75) is 0 Å². The average Bonchev–Trinajstić information content (AvgIpc) is 2.83. The molecule has 0 spiro atoms. The zero-order valence-electron chi connectivity index (χ0n) is 11.4. The van der Waals surface area contributed by atoms with Crippen molar-refractivity contribution in [2.75, 3.05) is 0 Å². The van der Waals surface area contributed by atoms with E-state index in [4.69, 9.17) is 0 Å². The molecule has 0 aliphatic carbocycles. The zero-order valence-corrected chi connectivity index (χ0v) is 13.0. The van der Waals surface area contributed by atoms with Crippen LogP contribution in [0.2, 0.25) is 0 Å². The second-order valence-electron chi connectivity index (χ2n) is 4.69. The minimum atomic E-state index is -0.798. The van der Waals surface area contributed by atoms with Crippen LogP contribution in [0.25, 0.3) is 16.9 Å². The Kier molecular flexibility index (Phi) is 4.04. The summed E-state index contributed by atoms with van der Waals surface area (Å²) in [7, 11) is 0. The highest BCUT2D eigenvalue weighted by atomic mass is 79.9. The molecular formula is C16H8BrF3N2O. The van der Waals surface area contributed by atoms with Gasteiger partial charge in [0, 0.05) is 11.6 Å². The molecule has 1 aromatic heterocycles. The summed E-state index contributed by atoms with van der Waals surface area (Å²) in [5.41, 5.74) is 0.303. The van der Waals surface area contributed by atoms with Crippen LogP contribution in [0.5, 0.6) is 0 Å². The van der Waals surface area contributed by atoms with Gasteiger partial charge in [-0.2, -0.15) is 5.10 Å². The molecule has 1 heterocycles. The summed E-state index contributed by atoms with van der Waals surface area (Å²) in [6.07, 6.45) is 0.493. The van der Waals surface area contributed by atoms with Crippen molar-refractivity contribution >= 4 is 22.2 Å². The second-order valence-corrected chi connectivity index (χ2v) is 5.44. The summed E-state index contributed by atoms with van der Waals surface area (Å²) in [6, 6.07) is 8.65. The van der Waals surface area contributed by atoms with E-state index < -0.39 is 17.5 Å². The van der Waals surface area contributed by atoms with Crippen molar-refractivity contribution in [2.24, 2.45) is 0 Å². The summed E-state index contributed by atoms with van der Waals surface area (Å²) in [4.78, 5) is 11.4. The van der Waals surface area contributed by atoms with Crippen molar-refractivity contribution in [1.82, 2.24) is 9.78 Å². The first kappa shape index (κ1) is 15.5. The topological polar surface area (TPSA) is 34.9 Å². The number of hydrogen-bond acceptors (Lipinski definition) is 2. The predicted molar refractivity (Wildman–Crippen MR) is 82.0 cm³/mol. The number of rotatable bonds is 3. The van der Waals surface area contributed by atoms with Crippen LogP contribution >= 0.6 is 15.9 Å². The molecule has 0 N–H and O–H groups in total. The van der Waals surface area contributed by atoms with E-state index >= 15 is 0 Å². The smallest absolute Gasteiger partial charge is 0.155 e. The maximum absolute atomic E-state index is 13.9. The summed E-state index contributed by atoms with van der Waals surface area (Å²) < 4.78 is 42.1. The minimum absolute atomic E-state index is 0.0496. The van der Waals surface area contributed by atoms with Gasteiger partial charge in [0.25, 0.3) is 0 Å². The van der Waals surface area contributed by atoms with E-state index in [1.165, 1.54) is 18.2 Å². The van der Waals surface area contributed by atoms with E-state index in [1.807, 2.05) is 0 Å². The Morgan fingerprint density at radius 3 is 2.30 bits per heavy atom. The summed E-state index contributed by atoms with van der Waals surface area (Å²) in [6.45, 7) is 0. The summed E-state index contributed by atoms with van der Waals surface area (Å²) in [5.74, 6) is -2.15. The SMILES string of the molecule is O=Cc1c(-c2cc(F)cc(F)c2)nn(-c2ccccc2F)c1Br. The number of carbonyl (C=O) groups is 1. The predicted octanol–water partition coefficient (Wildman–Crippen LogP) is 4.53. The first-order valence-corrected chi connectivity index (χ1v) is 7.25. The largest absolute Gasteiger partial charge is 0.298 e. The first-order valence-electron chi connectivity index (χ1n) is 6.46. The molecule has 7 heteroatoms.